The Morgan fingerprint density at radius 3 is 2.30 bits per heavy atom. The molecule has 20 heavy (non-hydrogen) atoms. The summed E-state index contributed by atoms with van der Waals surface area (Å²) in [6.45, 7) is 0.779. The maximum absolute atomic E-state index is 4.11. The number of rotatable bonds is 4. The fraction of sp³-hybridized carbons (Fsp3) is 0.118. The first kappa shape index (κ1) is 12.5. The van der Waals surface area contributed by atoms with E-state index in [1.165, 1.54) is 11.1 Å². The molecular weight excluding hydrogens is 246 g/mol. The lowest BCUT2D eigenvalue weighted by atomic mass is 10.1. The fourth-order valence-corrected chi connectivity index (χ4v) is 2.16. The van der Waals surface area contributed by atoms with Gasteiger partial charge in [0.15, 0.2) is 0 Å². The van der Waals surface area contributed by atoms with Crippen LogP contribution in [0.3, 0.4) is 0 Å². The molecule has 0 saturated heterocycles. The van der Waals surface area contributed by atoms with Gasteiger partial charge in [-0.1, -0.05) is 42.5 Å². The van der Waals surface area contributed by atoms with E-state index in [9.17, 15) is 0 Å². The molecule has 0 amide bonds. The van der Waals surface area contributed by atoms with Crippen LogP contribution >= 0.6 is 0 Å². The van der Waals surface area contributed by atoms with Gasteiger partial charge in [-0.15, -0.1) is 0 Å². The van der Waals surface area contributed by atoms with Gasteiger partial charge in [0.05, 0.1) is 18.6 Å². The Morgan fingerprint density at radius 2 is 1.65 bits per heavy atom. The highest BCUT2D eigenvalue weighted by Crippen LogP contribution is 2.21. The molecule has 100 valence electrons. The maximum atomic E-state index is 4.11. The Balaban J connectivity index is 1.69. The minimum absolute atomic E-state index is 0.779. The number of hydrogen-bond acceptors (Lipinski definition) is 2. The summed E-state index contributed by atoms with van der Waals surface area (Å²) in [6, 6.07) is 18.9. The molecule has 0 aliphatic heterocycles. The molecule has 0 fully saturated rings. The topological polar surface area (TPSA) is 29.9 Å². The van der Waals surface area contributed by atoms with Crippen LogP contribution < -0.4 is 5.32 Å². The van der Waals surface area contributed by atoms with Crippen molar-refractivity contribution in [2.75, 3.05) is 5.32 Å². The lowest BCUT2D eigenvalue weighted by molar-refractivity contribution is 0.837. The van der Waals surface area contributed by atoms with Gasteiger partial charge in [-0.2, -0.15) is 0 Å². The van der Waals surface area contributed by atoms with E-state index in [2.05, 4.69) is 58.8 Å². The Morgan fingerprint density at radius 1 is 0.950 bits per heavy atom. The predicted octanol–water partition coefficient (Wildman–Crippen LogP) is 3.70. The van der Waals surface area contributed by atoms with Crippen LogP contribution in [0.15, 0.2) is 67.1 Å². The zero-order valence-corrected chi connectivity index (χ0v) is 11.5. The summed E-state index contributed by atoms with van der Waals surface area (Å²) in [5, 5.41) is 3.41. The van der Waals surface area contributed by atoms with Gasteiger partial charge < -0.3 is 9.88 Å². The highest BCUT2D eigenvalue weighted by atomic mass is 15.0. The molecule has 0 atom stereocenters. The van der Waals surface area contributed by atoms with E-state index in [0.29, 0.717) is 0 Å². The van der Waals surface area contributed by atoms with Crippen molar-refractivity contribution in [3.8, 4) is 11.1 Å². The molecule has 0 saturated carbocycles. The summed E-state index contributed by atoms with van der Waals surface area (Å²) in [5.41, 5.74) is 4.75. The molecule has 0 aliphatic carbocycles. The van der Waals surface area contributed by atoms with Crippen molar-refractivity contribution < 1.29 is 0 Å². The lowest BCUT2D eigenvalue weighted by Crippen LogP contribution is -2.03. The van der Waals surface area contributed by atoms with Crippen LogP contribution in [0.5, 0.6) is 0 Å². The van der Waals surface area contributed by atoms with Gasteiger partial charge in [-0.25, -0.2) is 4.98 Å². The van der Waals surface area contributed by atoms with E-state index in [1.807, 2.05) is 30.2 Å². The molecule has 1 heterocycles. The zero-order chi connectivity index (χ0) is 13.8. The molecule has 0 unspecified atom stereocenters. The van der Waals surface area contributed by atoms with Crippen molar-refractivity contribution in [2.24, 2.45) is 7.05 Å². The van der Waals surface area contributed by atoms with Gasteiger partial charge in [0.2, 0.25) is 0 Å². The van der Waals surface area contributed by atoms with Gasteiger partial charge in [0.25, 0.3) is 0 Å². The van der Waals surface area contributed by atoms with Crippen molar-refractivity contribution in [3.05, 3.63) is 72.8 Å². The molecule has 3 rings (SSSR count). The third-order valence-electron chi connectivity index (χ3n) is 3.38. The van der Waals surface area contributed by atoms with Gasteiger partial charge in [-0.3, -0.25) is 0 Å². The van der Waals surface area contributed by atoms with Crippen LogP contribution in [0.25, 0.3) is 11.1 Å². The number of anilines is 1. The van der Waals surface area contributed by atoms with E-state index in [4.69, 9.17) is 0 Å². The second-order valence-electron chi connectivity index (χ2n) is 4.79. The molecule has 3 heteroatoms. The fourth-order valence-electron chi connectivity index (χ4n) is 2.16. The van der Waals surface area contributed by atoms with Crippen molar-refractivity contribution in [2.45, 2.75) is 6.54 Å². The second kappa shape index (κ2) is 5.61. The molecule has 1 aromatic heterocycles. The number of nitrogens with one attached hydrogen (secondary N) is 1. The maximum Gasteiger partial charge on any atom is 0.0946 e. The molecule has 3 nitrogen and oxygen atoms in total. The first-order chi connectivity index (χ1) is 9.83. The average molecular weight is 263 g/mol. The monoisotopic (exact) mass is 263 g/mol. The van der Waals surface area contributed by atoms with Gasteiger partial charge in [0.1, 0.15) is 0 Å². The van der Waals surface area contributed by atoms with Crippen LogP contribution in [0.1, 0.15) is 5.69 Å². The molecular formula is C17H17N3. The highest BCUT2D eigenvalue weighted by molar-refractivity contribution is 5.65. The first-order valence-electron chi connectivity index (χ1n) is 6.67. The summed E-state index contributed by atoms with van der Waals surface area (Å²) < 4.78 is 2.02. The van der Waals surface area contributed by atoms with E-state index >= 15 is 0 Å². The Hall–Kier alpha value is -2.55. The third kappa shape index (κ3) is 2.72. The van der Waals surface area contributed by atoms with Crippen LogP contribution in [0.2, 0.25) is 0 Å². The van der Waals surface area contributed by atoms with Crippen LogP contribution in [0.4, 0.5) is 5.69 Å². The molecule has 2 aromatic carbocycles. The molecule has 1 N–H and O–H groups in total. The van der Waals surface area contributed by atoms with E-state index in [1.54, 1.807) is 0 Å². The zero-order valence-electron chi connectivity index (χ0n) is 11.5. The molecule has 3 aromatic rings. The van der Waals surface area contributed by atoms with E-state index in [0.717, 1.165) is 17.9 Å². The third-order valence-corrected chi connectivity index (χ3v) is 3.38. The minimum atomic E-state index is 0.779. The highest BCUT2D eigenvalue weighted by Gasteiger charge is 1.99. The Bertz CT molecular complexity index is 669. The quantitative estimate of drug-likeness (QED) is 0.778. The first-order valence-corrected chi connectivity index (χ1v) is 6.67. The molecule has 0 radical (unpaired) electrons. The van der Waals surface area contributed by atoms with Crippen LogP contribution in [-0.2, 0) is 13.6 Å². The van der Waals surface area contributed by atoms with E-state index in [-0.39, 0.29) is 0 Å². The number of hydrogen-bond donors (Lipinski definition) is 1. The normalized spacial score (nSPS) is 10.4. The smallest absolute Gasteiger partial charge is 0.0946 e. The summed E-state index contributed by atoms with van der Waals surface area (Å²) in [7, 11) is 2.00. The summed E-state index contributed by atoms with van der Waals surface area (Å²) in [5.74, 6) is 0. The van der Waals surface area contributed by atoms with Gasteiger partial charge in [-0.05, 0) is 23.3 Å². The van der Waals surface area contributed by atoms with Crippen molar-refractivity contribution in [3.63, 3.8) is 0 Å². The SMILES string of the molecule is Cn1cncc1CNc1ccc(-c2ccccc2)cc1. The predicted molar refractivity (Wildman–Crippen MR) is 82.4 cm³/mol. The average Bonchev–Trinajstić information content (AvgIpc) is 2.92. The van der Waals surface area contributed by atoms with Crippen molar-refractivity contribution in [1.29, 1.82) is 0 Å². The van der Waals surface area contributed by atoms with Gasteiger partial charge in [0, 0.05) is 18.9 Å². The Kier molecular flexibility index (Phi) is 3.50. The summed E-state index contributed by atoms with van der Waals surface area (Å²) in [6.07, 6.45) is 3.70. The number of aryl methyl sites for hydroxylation is 1. The number of nitrogens with zero attached hydrogens (tertiary/aromatic N) is 2. The van der Waals surface area contributed by atoms with Crippen molar-refractivity contribution in [1.82, 2.24) is 9.55 Å². The van der Waals surface area contributed by atoms with Crippen molar-refractivity contribution >= 4 is 5.69 Å². The Labute approximate surface area is 118 Å². The number of imidazole rings is 1. The summed E-state index contributed by atoms with van der Waals surface area (Å²) >= 11 is 0. The van der Waals surface area contributed by atoms with E-state index < -0.39 is 0 Å². The van der Waals surface area contributed by atoms with Crippen LogP contribution in [-0.4, -0.2) is 9.55 Å². The minimum Gasteiger partial charge on any atom is -0.379 e. The van der Waals surface area contributed by atoms with Crippen LogP contribution in [0, 0.1) is 0 Å². The summed E-state index contributed by atoms with van der Waals surface area (Å²) in [4.78, 5) is 4.11. The molecule has 0 aliphatic rings. The van der Waals surface area contributed by atoms with Gasteiger partial charge >= 0.3 is 0 Å². The molecule has 0 spiro atoms. The number of benzene rings is 2. The second-order valence-corrected chi connectivity index (χ2v) is 4.79. The largest absolute Gasteiger partial charge is 0.379 e. The standard InChI is InChI=1S/C17H17N3/c1-20-13-18-11-17(20)12-19-16-9-7-15(8-10-16)14-5-3-2-4-6-14/h2-11,13,19H,12H2,1H3. The lowest BCUT2D eigenvalue weighted by Gasteiger charge is -2.08. The molecule has 0 bridgehead atoms. The number of aromatic nitrogens is 2.